The minimum absolute atomic E-state index is 0.174. The quantitative estimate of drug-likeness (QED) is 0.362. The van der Waals surface area contributed by atoms with Crippen LogP contribution in [0.2, 0.25) is 0 Å². The number of aliphatic hydroxyl groups excluding tert-OH is 1. The van der Waals surface area contributed by atoms with Gasteiger partial charge in [-0.2, -0.15) is 0 Å². The fraction of sp³-hybridized carbons (Fsp3) is 1.00. The molecule has 0 rings (SSSR count). The summed E-state index contributed by atoms with van der Waals surface area (Å²) in [4.78, 5) is 0. The minimum atomic E-state index is -0.403. The SMILES string of the molecule is CCC(O)C(N)CNCCN. The zero-order valence-electron chi connectivity index (χ0n) is 7.09. The first-order valence-corrected chi connectivity index (χ1v) is 4.06. The molecule has 0 amide bonds. The zero-order chi connectivity index (χ0) is 8.69. The van der Waals surface area contributed by atoms with Crippen molar-refractivity contribution in [3.8, 4) is 0 Å². The summed E-state index contributed by atoms with van der Waals surface area (Å²) < 4.78 is 0. The summed E-state index contributed by atoms with van der Waals surface area (Å²) in [5, 5.41) is 12.3. The molecule has 0 bridgehead atoms. The lowest BCUT2D eigenvalue weighted by atomic mass is 10.1. The van der Waals surface area contributed by atoms with Crippen molar-refractivity contribution in [2.45, 2.75) is 25.5 Å². The van der Waals surface area contributed by atoms with E-state index in [9.17, 15) is 5.11 Å². The molecular weight excluding hydrogens is 142 g/mol. The first-order chi connectivity index (χ1) is 5.22. The first-order valence-electron chi connectivity index (χ1n) is 4.06. The van der Waals surface area contributed by atoms with E-state index in [1.54, 1.807) is 0 Å². The Kier molecular flexibility index (Phi) is 6.45. The van der Waals surface area contributed by atoms with Gasteiger partial charge in [-0.15, -0.1) is 0 Å². The van der Waals surface area contributed by atoms with E-state index in [-0.39, 0.29) is 6.04 Å². The molecule has 0 aromatic heterocycles. The maximum atomic E-state index is 9.23. The highest BCUT2D eigenvalue weighted by molar-refractivity contribution is 4.72. The summed E-state index contributed by atoms with van der Waals surface area (Å²) >= 11 is 0. The van der Waals surface area contributed by atoms with E-state index in [1.807, 2.05) is 6.92 Å². The highest BCUT2D eigenvalue weighted by Crippen LogP contribution is 1.93. The van der Waals surface area contributed by atoms with Crippen LogP contribution in [0.1, 0.15) is 13.3 Å². The van der Waals surface area contributed by atoms with Crippen molar-refractivity contribution in [3.05, 3.63) is 0 Å². The summed E-state index contributed by atoms with van der Waals surface area (Å²) in [5.74, 6) is 0. The van der Waals surface area contributed by atoms with Crippen LogP contribution >= 0.6 is 0 Å². The molecule has 2 unspecified atom stereocenters. The molecule has 0 saturated heterocycles. The largest absolute Gasteiger partial charge is 0.391 e. The number of nitrogens with two attached hydrogens (primary N) is 2. The number of aliphatic hydroxyl groups is 1. The van der Waals surface area contributed by atoms with Gasteiger partial charge in [-0.3, -0.25) is 0 Å². The van der Waals surface area contributed by atoms with E-state index >= 15 is 0 Å². The third-order valence-electron chi connectivity index (χ3n) is 1.61. The highest BCUT2D eigenvalue weighted by atomic mass is 16.3. The first kappa shape index (κ1) is 10.8. The normalized spacial score (nSPS) is 16.4. The molecule has 4 nitrogen and oxygen atoms in total. The van der Waals surface area contributed by atoms with Gasteiger partial charge in [0.2, 0.25) is 0 Å². The molecule has 0 spiro atoms. The Morgan fingerprint density at radius 1 is 1.55 bits per heavy atom. The topological polar surface area (TPSA) is 84.3 Å². The third kappa shape index (κ3) is 5.15. The van der Waals surface area contributed by atoms with E-state index in [4.69, 9.17) is 11.5 Å². The molecule has 4 heteroatoms. The second kappa shape index (κ2) is 6.54. The van der Waals surface area contributed by atoms with E-state index in [0.717, 1.165) is 6.54 Å². The molecule has 11 heavy (non-hydrogen) atoms. The number of rotatable bonds is 6. The Bertz CT molecular complexity index is 89.8. The van der Waals surface area contributed by atoms with E-state index in [1.165, 1.54) is 0 Å². The molecule has 0 fully saturated rings. The van der Waals surface area contributed by atoms with Crippen LogP contribution in [0.15, 0.2) is 0 Å². The predicted octanol–water partition coefficient (Wildman–Crippen LogP) is -1.37. The van der Waals surface area contributed by atoms with Crippen molar-refractivity contribution >= 4 is 0 Å². The summed E-state index contributed by atoms with van der Waals surface area (Å²) in [6, 6.07) is -0.174. The lowest BCUT2D eigenvalue weighted by Gasteiger charge is -2.17. The van der Waals surface area contributed by atoms with Crippen LogP contribution in [0.3, 0.4) is 0 Å². The summed E-state index contributed by atoms with van der Waals surface area (Å²) in [6.45, 7) is 3.90. The number of hydrogen-bond donors (Lipinski definition) is 4. The average Bonchev–Trinajstić information content (AvgIpc) is 2.03. The standard InChI is InChI=1S/C7H19N3O/c1-2-7(11)6(9)5-10-4-3-8/h6-7,10-11H,2-5,8-9H2,1H3. The summed E-state index contributed by atoms with van der Waals surface area (Å²) in [5.41, 5.74) is 10.9. The summed E-state index contributed by atoms with van der Waals surface area (Å²) in [7, 11) is 0. The fourth-order valence-electron chi connectivity index (χ4n) is 0.810. The van der Waals surface area contributed by atoms with Gasteiger partial charge in [0.05, 0.1) is 6.10 Å². The smallest absolute Gasteiger partial charge is 0.0700 e. The Hall–Kier alpha value is -0.160. The third-order valence-corrected chi connectivity index (χ3v) is 1.61. The molecule has 0 aromatic carbocycles. The van der Waals surface area contributed by atoms with Crippen LogP contribution in [0.25, 0.3) is 0 Å². The van der Waals surface area contributed by atoms with Crippen molar-refractivity contribution in [2.75, 3.05) is 19.6 Å². The van der Waals surface area contributed by atoms with Gasteiger partial charge < -0.3 is 21.9 Å². The van der Waals surface area contributed by atoms with E-state index in [0.29, 0.717) is 19.5 Å². The lowest BCUT2D eigenvalue weighted by molar-refractivity contribution is 0.139. The van der Waals surface area contributed by atoms with Gasteiger partial charge in [0.25, 0.3) is 0 Å². The van der Waals surface area contributed by atoms with Crippen molar-refractivity contribution in [1.29, 1.82) is 0 Å². The lowest BCUT2D eigenvalue weighted by Crippen LogP contribution is -2.43. The highest BCUT2D eigenvalue weighted by Gasteiger charge is 2.10. The molecule has 0 aromatic rings. The van der Waals surface area contributed by atoms with Gasteiger partial charge in [-0.1, -0.05) is 6.92 Å². The average molecular weight is 161 g/mol. The molecular formula is C7H19N3O. The second-order valence-electron chi connectivity index (χ2n) is 2.63. The number of hydrogen-bond acceptors (Lipinski definition) is 4. The van der Waals surface area contributed by atoms with Crippen LogP contribution in [-0.2, 0) is 0 Å². The van der Waals surface area contributed by atoms with Crippen molar-refractivity contribution < 1.29 is 5.11 Å². The molecule has 68 valence electrons. The van der Waals surface area contributed by atoms with Gasteiger partial charge in [0.15, 0.2) is 0 Å². The van der Waals surface area contributed by atoms with Crippen LogP contribution in [0.4, 0.5) is 0 Å². The van der Waals surface area contributed by atoms with Crippen LogP contribution in [0, 0.1) is 0 Å². The van der Waals surface area contributed by atoms with E-state index in [2.05, 4.69) is 5.32 Å². The van der Waals surface area contributed by atoms with Crippen LogP contribution in [0.5, 0.6) is 0 Å². The zero-order valence-corrected chi connectivity index (χ0v) is 7.09. The van der Waals surface area contributed by atoms with Gasteiger partial charge in [0.1, 0.15) is 0 Å². The molecule has 0 heterocycles. The maximum Gasteiger partial charge on any atom is 0.0700 e. The predicted molar refractivity (Wildman–Crippen MR) is 46.2 cm³/mol. The van der Waals surface area contributed by atoms with Crippen molar-refractivity contribution in [3.63, 3.8) is 0 Å². The fourth-order valence-corrected chi connectivity index (χ4v) is 0.810. The van der Waals surface area contributed by atoms with Gasteiger partial charge in [-0.25, -0.2) is 0 Å². The van der Waals surface area contributed by atoms with Crippen molar-refractivity contribution in [2.24, 2.45) is 11.5 Å². The molecule has 2 atom stereocenters. The van der Waals surface area contributed by atoms with E-state index < -0.39 is 6.10 Å². The Labute approximate surface area is 68.0 Å². The Balaban J connectivity index is 3.28. The van der Waals surface area contributed by atoms with Crippen molar-refractivity contribution in [1.82, 2.24) is 5.32 Å². The minimum Gasteiger partial charge on any atom is -0.391 e. The molecule has 6 N–H and O–H groups in total. The van der Waals surface area contributed by atoms with Gasteiger partial charge in [0, 0.05) is 25.7 Å². The Morgan fingerprint density at radius 3 is 2.64 bits per heavy atom. The second-order valence-corrected chi connectivity index (χ2v) is 2.63. The number of nitrogens with one attached hydrogen (secondary N) is 1. The monoisotopic (exact) mass is 161 g/mol. The molecule has 0 aliphatic carbocycles. The summed E-state index contributed by atoms with van der Waals surface area (Å²) in [6.07, 6.45) is 0.297. The molecule has 0 aliphatic heterocycles. The van der Waals surface area contributed by atoms with Crippen LogP contribution < -0.4 is 16.8 Å². The maximum absolute atomic E-state index is 9.23. The molecule has 0 saturated carbocycles. The Morgan fingerprint density at radius 2 is 2.18 bits per heavy atom. The van der Waals surface area contributed by atoms with Crippen LogP contribution in [-0.4, -0.2) is 36.9 Å². The van der Waals surface area contributed by atoms with Gasteiger partial charge >= 0.3 is 0 Å². The molecule has 0 radical (unpaired) electrons. The van der Waals surface area contributed by atoms with Gasteiger partial charge in [-0.05, 0) is 6.42 Å². The molecule has 0 aliphatic rings.